The minimum absolute atomic E-state index is 0.0152. The van der Waals surface area contributed by atoms with Gasteiger partial charge >= 0.3 is 0 Å². The molecule has 2 heterocycles. The van der Waals surface area contributed by atoms with Crippen LogP contribution in [0.5, 0.6) is 5.75 Å². The number of rotatable bonds is 6. The van der Waals surface area contributed by atoms with Crippen molar-refractivity contribution in [3.63, 3.8) is 0 Å². The number of amides is 3. The van der Waals surface area contributed by atoms with Crippen LogP contribution in [-0.4, -0.2) is 62.6 Å². The summed E-state index contributed by atoms with van der Waals surface area (Å²) in [6.45, 7) is 1.08. The molecule has 4 rings (SSSR count). The van der Waals surface area contributed by atoms with Crippen LogP contribution in [0, 0.1) is 17.1 Å². The number of carbonyl (C=O) groups excluding carboxylic acids is 3. The van der Waals surface area contributed by atoms with Gasteiger partial charge in [-0.1, -0.05) is 0 Å². The number of morpholine rings is 1. The van der Waals surface area contributed by atoms with E-state index in [0.717, 1.165) is 6.07 Å². The topological polar surface area (TPSA) is 138 Å². The average Bonchev–Trinajstić information content (AvgIpc) is 2.86. The third-order valence-corrected chi connectivity index (χ3v) is 5.90. The lowest BCUT2D eigenvalue weighted by Gasteiger charge is -2.33. The van der Waals surface area contributed by atoms with Gasteiger partial charge in [-0.25, -0.2) is 9.38 Å². The first-order valence-electron chi connectivity index (χ1n) is 10.9. The minimum atomic E-state index is -0.973. The number of nitrogens with one attached hydrogen (secondary N) is 1. The van der Waals surface area contributed by atoms with Crippen LogP contribution in [0.2, 0.25) is 0 Å². The minimum Gasteiger partial charge on any atom is -0.497 e. The Balaban J connectivity index is 1.66. The van der Waals surface area contributed by atoms with Gasteiger partial charge in [0.05, 0.1) is 25.3 Å². The molecule has 1 unspecified atom stereocenters. The van der Waals surface area contributed by atoms with Crippen molar-refractivity contribution in [2.45, 2.75) is 6.42 Å². The Morgan fingerprint density at radius 2 is 1.83 bits per heavy atom. The van der Waals surface area contributed by atoms with Gasteiger partial charge in [0.2, 0.25) is 0 Å². The summed E-state index contributed by atoms with van der Waals surface area (Å²) in [6.07, 6.45) is 0.202. The number of hydrogen-bond donors (Lipinski definition) is 2. The molecule has 0 saturated carbocycles. The molecule has 3 amide bonds. The molecule has 3 N–H and O–H groups in total. The lowest BCUT2D eigenvalue weighted by molar-refractivity contribution is -0.125. The van der Waals surface area contributed by atoms with Crippen LogP contribution in [0.15, 0.2) is 47.5 Å². The molecule has 2 fully saturated rings. The van der Waals surface area contributed by atoms with E-state index >= 15 is 0 Å². The van der Waals surface area contributed by atoms with Crippen LogP contribution in [0.4, 0.5) is 21.5 Å². The zero-order valence-corrected chi connectivity index (χ0v) is 19.0. The van der Waals surface area contributed by atoms with E-state index in [1.165, 1.54) is 24.1 Å². The summed E-state index contributed by atoms with van der Waals surface area (Å²) < 4.78 is 24.7. The van der Waals surface area contributed by atoms with Gasteiger partial charge in [0.25, 0.3) is 17.7 Å². The predicted octanol–water partition coefficient (Wildman–Crippen LogP) is 1.83. The molecule has 10 nitrogen and oxygen atoms in total. The number of halogens is 1. The molecule has 182 valence electrons. The highest BCUT2D eigenvalue weighted by Gasteiger charge is 2.38. The highest BCUT2D eigenvalue weighted by molar-refractivity contribution is 6.54. The molecule has 2 saturated heterocycles. The fraction of sp³-hybridized carbons (Fsp3) is 0.292. The molecule has 2 aliphatic rings. The second-order valence-corrected chi connectivity index (χ2v) is 8.00. The molecule has 11 heteroatoms. The number of anilines is 2. The summed E-state index contributed by atoms with van der Waals surface area (Å²) in [4.78, 5) is 44.5. The van der Waals surface area contributed by atoms with Crippen molar-refractivity contribution in [3.8, 4) is 5.75 Å². The molecular weight excluding hydrogens is 457 g/mol. The smallest absolute Gasteiger partial charge is 0.273 e. The van der Waals surface area contributed by atoms with E-state index in [9.17, 15) is 18.8 Å². The number of primary amides is 1. The van der Waals surface area contributed by atoms with E-state index in [1.807, 2.05) is 0 Å². The van der Waals surface area contributed by atoms with E-state index < -0.39 is 29.3 Å². The molecule has 2 aromatic carbocycles. The largest absolute Gasteiger partial charge is 0.497 e. The zero-order valence-electron chi connectivity index (χ0n) is 19.0. The second-order valence-electron chi connectivity index (χ2n) is 8.00. The molecule has 0 radical (unpaired) electrons. The number of nitrogens with zero attached hydrogens (tertiary/aromatic N) is 3. The SMILES string of the molecule is COc1ccc(N=C2C(=O)N(c3ccc(N4CCOCC4=O)cc3)CCC2C(=N)C(N)=O)c(F)c1. The molecule has 0 aromatic heterocycles. The van der Waals surface area contributed by atoms with Crippen LogP contribution in [0.25, 0.3) is 0 Å². The molecule has 0 bridgehead atoms. The summed E-state index contributed by atoms with van der Waals surface area (Å²) >= 11 is 0. The van der Waals surface area contributed by atoms with Crippen LogP contribution in [-0.2, 0) is 19.1 Å². The first kappa shape index (κ1) is 24.0. The maximum Gasteiger partial charge on any atom is 0.273 e. The normalized spacial score (nSPS) is 19.7. The Hall–Kier alpha value is -4.12. The molecule has 2 aromatic rings. The Kier molecular flexibility index (Phi) is 6.87. The van der Waals surface area contributed by atoms with Crippen molar-refractivity contribution in [2.24, 2.45) is 16.6 Å². The summed E-state index contributed by atoms with van der Waals surface area (Å²) in [6, 6.07) is 10.8. The van der Waals surface area contributed by atoms with Gasteiger partial charge in [-0.15, -0.1) is 0 Å². The Bertz CT molecular complexity index is 1210. The standard InChI is InChI=1S/C24H24FN5O5/c1-34-16-6-7-19(18(25)12-16)28-22-17(21(26)23(27)32)8-9-30(24(22)33)15-4-2-14(3-5-15)29-10-11-35-13-20(29)31/h2-7,12,17,26H,8-11,13H2,1H3,(H2,27,32). The number of methoxy groups -OCH3 is 1. The number of aliphatic imine (C=N–C) groups is 1. The van der Waals surface area contributed by atoms with E-state index in [1.54, 1.807) is 29.2 Å². The van der Waals surface area contributed by atoms with Crippen LogP contribution >= 0.6 is 0 Å². The fourth-order valence-electron chi connectivity index (χ4n) is 4.05. The van der Waals surface area contributed by atoms with Gasteiger partial charge < -0.3 is 25.0 Å². The first-order valence-corrected chi connectivity index (χ1v) is 10.9. The third kappa shape index (κ3) is 4.90. The van der Waals surface area contributed by atoms with E-state index in [2.05, 4.69) is 4.99 Å². The number of ether oxygens (including phenoxy) is 2. The predicted molar refractivity (Wildman–Crippen MR) is 127 cm³/mol. The molecule has 1 atom stereocenters. The van der Waals surface area contributed by atoms with Crippen LogP contribution in [0.1, 0.15) is 6.42 Å². The van der Waals surface area contributed by atoms with Crippen molar-refractivity contribution in [3.05, 3.63) is 48.3 Å². The summed E-state index contributed by atoms with van der Waals surface area (Å²) in [5.74, 6) is -3.10. The first-order chi connectivity index (χ1) is 16.8. The van der Waals surface area contributed by atoms with Gasteiger partial charge in [0.15, 0.2) is 5.82 Å². The summed E-state index contributed by atoms with van der Waals surface area (Å²) in [5.41, 5.74) is 5.77. The molecule has 0 aliphatic carbocycles. The highest BCUT2D eigenvalue weighted by atomic mass is 19.1. The van der Waals surface area contributed by atoms with Crippen molar-refractivity contribution >= 4 is 46.2 Å². The van der Waals surface area contributed by atoms with Gasteiger partial charge in [-0.05, 0) is 42.8 Å². The molecule has 35 heavy (non-hydrogen) atoms. The van der Waals surface area contributed by atoms with Crippen LogP contribution in [0.3, 0.4) is 0 Å². The highest BCUT2D eigenvalue weighted by Crippen LogP contribution is 2.30. The van der Waals surface area contributed by atoms with Gasteiger partial charge in [0, 0.05) is 30.5 Å². The van der Waals surface area contributed by atoms with Gasteiger partial charge in [-0.2, -0.15) is 0 Å². The molecule has 2 aliphatic heterocycles. The monoisotopic (exact) mass is 481 g/mol. The van der Waals surface area contributed by atoms with E-state index in [-0.39, 0.29) is 42.6 Å². The number of nitrogens with two attached hydrogens (primary N) is 1. The van der Waals surface area contributed by atoms with Gasteiger partial charge in [0.1, 0.15) is 23.8 Å². The van der Waals surface area contributed by atoms with Crippen LogP contribution < -0.4 is 20.3 Å². The number of piperidine rings is 1. The lowest BCUT2D eigenvalue weighted by Crippen LogP contribution is -2.50. The van der Waals surface area contributed by atoms with E-state index in [4.69, 9.17) is 20.6 Å². The Morgan fingerprint density at radius 3 is 2.43 bits per heavy atom. The third-order valence-electron chi connectivity index (χ3n) is 5.90. The lowest BCUT2D eigenvalue weighted by atomic mass is 9.88. The molecule has 0 spiro atoms. The Morgan fingerprint density at radius 1 is 1.14 bits per heavy atom. The maximum absolute atomic E-state index is 14.6. The van der Waals surface area contributed by atoms with E-state index in [0.29, 0.717) is 24.5 Å². The summed E-state index contributed by atoms with van der Waals surface area (Å²) in [7, 11) is 1.40. The Labute approximate surface area is 200 Å². The van der Waals surface area contributed by atoms with Crippen molar-refractivity contribution in [1.82, 2.24) is 0 Å². The zero-order chi connectivity index (χ0) is 25.1. The van der Waals surface area contributed by atoms with Gasteiger partial charge in [-0.3, -0.25) is 19.8 Å². The van der Waals surface area contributed by atoms with Crippen molar-refractivity contribution in [2.75, 3.05) is 43.2 Å². The summed E-state index contributed by atoms with van der Waals surface area (Å²) in [5, 5.41) is 8.09. The van der Waals surface area contributed by atoms with Crippen molar-refractivity contribution < 1.29 is 28.2 Å². The second kappa shape index (κ2) is 10.0. The number of carbonyl (C=O) groups is 3. The number of benzene rings is 2. The quantitative estimate of drug-likeness (QED) is 0.606. The maximum atomic E-state index is 14.6. The fourth-order valence-corrected chi connectivity index (χ4v) is 4.05. The number of hydrogen-bond acceptors (Lipinski definition) is 7. The molecular formula is C24H24FN5O5. The van der Waals surface area contributed by atoms with Crippen molar-refractivity contribution in [1.29, 1.82) is 5.41 Å². The average molecular weight is 481 g/mol.